The first kappa shape index (κ1) is 18.3. The Balaban J connectivity index is 1.59. The van der Waals surface area contributed by atoms with Crippen LogP contribution in [0.1, 0.15) is 35.6 Å². The molecule has 0 spiro atoms. The standard InChI is InChI=1S/C19H22FN3O3/c1-14-21-10-7-17(22-14)18(24)23-11-2-8-19(25,9-12-23)13-26-16-5-3-15(20)4-6-16/h3-7,10,25H,2,8-9,11-13H2,1H3. The van der Waals surface area contributed by atoms with E-state index < -0.39 is 5.60 Å². The van der Waals surface area contributed by atoms with Crippen LogP contribution in [0.5, 0.6) is 5.75 Å². The third kappa shape index (κ3) is 4.54. The number of aromatic nitrogens is 2. The summed E-state index contributed by atoms with van der Waals surface area (Å²) in [5, 5.41) is 10.8. The van der Waals surface area contributed by atoms with Crippen molar-refractivity contribution in [2.75, 3.05) is 19.7 Å². The monoisotopic (exact) mass is 359 g/mol. The highest BCUT2D eigenvalue weighted by molar-refractivity contribution is 5.92. The van der Waals surface area contributed by atoms with Crippen LogP contribution in [0.4, 0.5) is 4.39 Å². The van der Waals surface area contributed by atoms with Gasteiger partial charge in [0.15, 0.2) is 0 Å². The molecule has 2 heterocycles. The van der Waals surface area contributed by atoms with Gasteiger partial charge in [-0.2, -0.15) is 0 Å². The summed E-state index contributed by atoms with van der Waals surface area (Å²) in [6, 6.07) is 7.29. The number of nitrogens with zero attached hydrogens (tertiary/aromatic N) is 3. The highest BCUT2D eigenvalue weighted by atomic mass is 19.1. The SMILES string of the molecule is Cc1nccc(C(=O)N2CCCC(O)(COc3ccc(F)cc3)CC2)n1. The van der Waals surface area contributed by atoms with E-state index in [1.54, 1.807) is 24.1 Å². The number of ether oxygens (including phenoxy) is 1. The number of likely N-dealkylation sites (tertiary alicyclic amines) is 1. The van der Waals surface area contributed by atoms with Crippen LogP contribution in [-0.4, -0.2) is 51.2 Å². The molecule has 0 radical (unpaired) electrons. The van der Waals surface area contributed by atoms with Gasteiger partial charge in [0.2, 0.25) is 0 Å². The van der Waals surface area contributed by atoms with E-state index in [0.717, 1.165) is 0 Å². The quantitative estimate of drug-likeness (QED) is 0.907. The smallest absolute Gasteiger partial charge is 0.272 e. The average molecular weight is 359 g/mol. The first-order chi connectivity index (χ1) is 12.5. The van der Waals surface area contributed by atoms with Gasteiger partial charge in [0, 0.05) is 19.3 Å². The van der Waals surface area contributed by atoms with Crippen LogP contribution in [0.25, 0.3) is 0 Å². The molecule has 7 heteroatoms. The minimum absolute atomic E-state index is 0.104. The molecule has 1 aliphatic rings. The molecule has 0 saturated carbocycles. The Hall–Kier alpha value is -2.54. The number of amides is 1. The van der Waals surface area contributed by atoms with Crippen molar-refractivity contribution in [3.05, 3.63) is 53.9 Å². The Labute approximate surface area is 151 Å². The fourth-order valence-electron chi connectivity index (χ4n) is 3.01. The number of aliphatic hydroxyl groups is 1. The molecule has 1 fully saturated rings. The van der Waals surface area contributed by atoms with Gasteiger partial charge in [-0.1, -0.05) is 0 Å². The maximum absolute atomic E-state index is 12.9. The summed E-state index contributed by atoms with van der Waals surface area (Å²) >= 11 is 0. The molecule has 0 bridgehead atoms. The molecule has 2 aromatic rings. The maximum atomic E-state index is 12.9. The highest BCUT2D eigenvalue weighted by Crippen LogP contribution is 2.25. The van der Waals surface area contributed by atoms with Crippen molar-refractivity contribution in [3.63, 3.8) is 0 Å². The number of hydrogen-bond acceptors (Lipinski definition) is 5. The van der Waals surface area contributed by atoms with Gasteiger partial charge in [-0.3, -0.25) is 4.79 Å². The number of carbonyl (C=O) groups is 1. The van der Waals surface area contributed by atoms with Crippen molar-refractivity contribution < 1.29 is 19.0 Å². The second-order valence-electron chi connectivity index (χ2n) is 6.60. The van der Waals surface area contributed by atoms with Gasteiger partial charge in [0.05, 0.1) is 0 Å². The lowest BCUT2D eigenvalue weighted by molar-refractivity contribution is -0.0163. The normalized spacial score (nSPS) is 20.5. The largest absolute Gasteiger partial charge is 0.491 e. The summed E-state index contributed by atoms with van der Waals surface area (Å²) in [6.07, 6.45) is 3.17. The van der Waals surface area contributed by atoms with Crippen molar-refractivity contribution >= 4 is 5.91 Å². The summed E-state index contributed by atoms with van der Waals surface area (Å²) in [7, 11) is 0. The second kappa shape index (κ2) is 7.78. The molecule has 1 atom stereocenters. The summed E-state index contributed by atoms with van der Waals surface area (Å²) in [5.74, 6) is 0.571. The van der Waals surface area contributed by atoms with Gasteiger partial charge >= 0.3 is 0 Å². The van der Waals surface area contributed by atoms with E-state index in [9.17, 15) is 14.3 Å². The van der Waals surface area contributed by atoms with E-state index >= 15 is 0 Å². The average Bonchev–Trinajstić information content (AvgIpc) is 2.83. The molecule has 0 aliphatic carbocycles. The number of benzene rings is 1. The number of halogens is 1. The first-order valence-corrected chi connectivity index (χ1v) is 8.65. The van der Waals surface area contributed by atoms with Crippen molar-refractivity contribution in [1.82, 2.24) is 14.9 Å². The summed E-state index contributed by atoms with van der Waals surface area (Å²) in [6.45, 7) is 2.82. The van der Waals surface area contributed by atoms with Crippen molar-refractivity contribution in [2.45, 2.75) is 31.8 Å². The Morgan fingerprint density at radius 2 is 2.04 bits per heavy atom. The molecule has 1 aliphatic heterocycles. The summed E-state index contributed by atoms with van der Waals surface area (Å²) < 4.78 is 18.6. The molecule has 138 valence electrons. The molecular weight excluding hydrogens is 337 g/mol. The van der Waals surface area contributed by atoms with E-state index in [-0.39, 0.29) is 18.3 Å². The van der Waals surface area contributed by atoms with Crippen molar-refractivity contribution in [3.8, 4) is 5.75 Å². The number of hydrogen-bond donors (Lipinski definition) is 1. The fourth-order valence-corrected chi connectivity index (χ4v) is 3.01. The second-order valence-corrected chi connectivity index (χ2v) is 6.60. The van der Waals surface area contributed by atoms with Crippen LogP contribution in [0, 0.1) is 12.7 Å². The molecular formula is C19H22FN3O3. The lowest BCUT2D eigenvalue weighted by Gasteiger charge is -2.27. The lowest BCUT2D eigenvalue weighted by atomic mass is 9.96. The summed E-state index contributed by atoms with van der Waals surface area (Å²) in [5.41, 5.74) is -0.657. The first-order valence-electron chi connectivity index (χ1n) is 8.65. The zero-order chi connectivity index (χ0) is 18.6. The van der Waals surface area contributed by atoms with E-state index in [1.807, 2.05) is 0 Å². The van der Waals surface area contributed by atoms with Gasteiger partial charge in [-0.25, -0.2) is 14.4 Å². The number of rotatable bonds is 4. The molecule has 3 rings (SSSR count). The predicted molar refractivity (Wildman–Crippen MR) is 93.4 cm³/mol. The Morgan fingerprint density at radius 3 is 2.77 bits per heavy atom. The molecule has 1 aromatic heterocycles. The molecule has 26 heavy (non-hydrogen) atoms. The third-order valence-electron chi connectivity index (χ3n) is 4.52. The highest BCUT2D eigenvalue weighted by Gasteiger charge is 2.33. The van der Waals surface area contributed by atoms with E-state index in [4.69, 9.17) is 4.74 Å². The van der Waals surface area contributed by atoms with Crippen LogP contribution in [0.2, 0.25) is 0 Å². The van der Waals surface area contributed by atoms with Crippen molar-refractivity contribution in [1.29, 1.82) is 0 Å². The molecule has 6 nitrogen and oxygen atoms in total. The van der Waals surface area contributed by atoms with Gasteiger partial charge in [-0.05, 0) is 56.5 Å². The van der Waals surface area contributed by atoms with Crippen LogP contribution in [-0.2, 0) is 0 Å². The molecule has 1 N–H and O–H groups in total. The van der Waals surface area contributed by atoms with E-state index in [0.29, 0.717) is 49.6 Å². The van der Waals surface area contributed by atoms with E-state index in [1.165, 1.54) is 24.3 Å². The van der Waals surface area contributed by atoms with Crippen LogP contribution >= 0.6 is 0 Å². The molecule has 1 amide bonds. The van der Waals surface area contributed by atoms with Gasteiger partial charge in [0.25, 0.3) is 5.91 Å². The fraction of sp³-hybridized carbons (Fsp3) is 0.421. The predicted octanol–water partition coefficient (Wildman–Crippen LogP) is 2.36. The minimum atomic E-state index is -1.02. The molecule has 1 unspecified atom stereocenters. The summed E-state index contributed by atoms with van der Waals surface area (Å²) in [4.78, 5) is 22.5. The van der Waals surface area contributed by atoms with Crippen LogP contribution in [0.15, 0.2) is 36.5 Å². The van der Waals surface area contributed by atoms with Crippen LogP contribution < -0.4 is 4.74 Å². The van der Waals surface area contributed by atoms with E-state index in [2.05, 4.69) is 9.97 Å². The zero-order valence-corrected chi connectivity index (χ0v) is 14.7. The third-order valence-corrected chi connectivity index (χ3v) is 4.52. The maximum Gasteiger partial charge on any atom is 0.272 e. The minimum Gasteiger partial charge on any atom is -0.491 e. The topological polar surface area (TPSA) is 75.6 Å². The van der Waals surface area contributed by atoms with Gasteiger partial charge < -0.3 is 14.7 Å². The van der Waals surface area contributed by atoms with Gasteiger partial charge in [0.1, 0.15) is 35.3 Å². The van der Waals surface area contributed by atoms with Crippen LogP contribution in [0.3, 0.4) is 0 Å². The van der Waals surface area contributed by atoms with Gasteiger partial charge in [-0.15, -0.1) is 0 Å². The Kier molecular flexibility index (Phi) is 5.46. The number of aryl methyl sites for hydroxylation is 1. The van der Waals surface area contributed by atoms with Crippen molar-refractivity contribution in [2.24, 2.45) is 0 Å². The zero-order valence-electron chi connectivity index (χ0n) is 14.7. The molecule has 1 aromatic carbocycles. The Morgan fingerprint density at radius 1 is 1.27 bits per heavy atom. The number of carbonyl (C=O) groups excluding carboxylic acids is 1. The Bertz CT molecular complexity index is 769. The molecule has 1 saturated heterocycles. The lowest BCUT2D eigenvalue weighted by Crippen LogP contribution is -2.38.